The molecule has 3 heterocycles. The quantitative estimate of drug-likeness (QED) is 0.775. The lowest BCUT2D eigenvalue weighted by Gasteiger charge is -2.29. The van der Waals surface area contributed by atoms with Crippen molar-refractivity contribution in [3.8, 4) is 0 Å². The van der Waals surface area contributed by atoms with E-state index >= 15 is 0 Å². The Morgan fingerprint density at radius 3 is 2.77 bits per heavy atom. The average molecular weight is 405 g/mol. The van der Waals surface area contributed by atoms with Crippen molar-refractivity contribution >= 4 is 28.3 Å². The number of halogens is 1. The van der Waals surface area contributed by atoms with Gasteiger partial charge in [-0.2, -0.15) is 4.31 Å². The second-order valence-electron chi connectivity index (χ2n) is 7.29. The third-order valence-electron chi connectivity index (χ3n) is 5.14. The topological polar surface area (TPSA) is 83.4 Å². The van der Waals surface area contributed by atoms with E-state index in [0.29, 0.717) is 37.3 Å². The molecule has 0 aromatic carbocycles. The third kappa shape index (κ3) is 4.60. The summed E-state index contributed by atoms with van der Waals surface area (Å²) in [6.07, 6.45) is 5.66. The molecule has 9 heteroatoms. The Labute approximate surface area is 162 Å². The van der Waals surface area contributed by atoms with Gasteiger partial charge in [0.2, 0.25) is 10.0 Å². The van der Waals surface area contributed by atoms with E-state index in [9.17, 15) is 13.2 Å². The van der Waals surface area contributed by atoms with E-state index < -0.39 is 10.0 Å². The standard InChI is InChI=1S/C17H28N4O3S.ClH/c1-13-5-4-8-21(11-13)25(23,24)15-9-16(20(2)12-15)17(22)19-10-14-6-3-7-18-14;/h9,12-14,18H,3-8,10-11H2,1-2H3,(H,19,22);1H. The molecule has 2 aliphatic rings. The predicted molar refractivity (Wildman–Crippen MR) is 103 cm³/mol. The molecule has 2 atom stereocenters. The van der Waals surface area contributed by atoms with Crippen molar-refractivity contribution in [2.45, 2.75) is 43.5 Å². The zero-order valence-corrected chi connectivity index (χ0v) is 17.0. The number of nitrogens with one attached hydrogen (secondary N) is 2. The van der Waals surface area contributed by atoms with Gasteiger partial charge in [-0.05, 0) is 44.2 Å². The zero-order valence-electron chi connectivity index (χ0n) is 15.4. The van der Waals surface area contributed by atoms with Crippen LogP contribution in [0, 0.1) is 5.92 Å². The molecule has 7 nitrogen and oxygen atoms in total. The zero-order chi connectivity index (χ0) is 18.0. The van der Waals surface area contributed by atoms with Crippen LogP contribution in [-0.2, 0) is 17.1 Å². The predicted octanol–water partition coefficient (Wildman–Crippen LogP) is 1.35. The lowest BCUT2D eigenvalue weighted by molar-refractivity contribution is 0.0942. The minimum absolute atomic E-state index is 0. The molecule has 0 spiro atoms. The summed E-state index contributed by atoms with van der Waals surface area (Å²) in [5.41, 5.74) is 0.377. The third-order valence-corrected chi connectivity index (χ3v) is 6.97. The smallest absolute Gasteiger partial charge is 0.267 e. The van der Waals surface area contributed by atoms with E-state index in [4.69, 9.17) is 0 Å². The fourth-order valence-corrected chi connectivity index (χ4v) is 5.32. The minimum Gasteiger partial charge on any atom is -0.349 e. The van der Waals surface area contributed by atoms with Crippen LogP contribution in [-0.4, -0.2) is 55.4 Å². The summed E-state index contributed by atoms with van der Waals surface area (Å²) in [5, 5.41) is 6.23. The Bertz CT molecular complexity index is 728. The van der Waals surface area contributed by atoms with Crippen molar-refractivity contribution in [3.63, 3.8) is 0 Å². The number of carbonyl (C=O) groups excluding carboxylic acids is 1. The van der Waals surface area contributed by atoms with Gasteiger partial charge in [-0.3, -0.25) is 4.79 Å². The number of aromatic nitrogens is 1. The molecule has 0 saturated carbocycles. The normalized spacial score (nSPS) is 24.2. The Morgan fingerprint density at radius 2 is 2.12 bits per heavy atom. The molecule has 148 valence electrons. The van der Waals surface area contributed by atoms with Crippen LogP contribution < -0.4 is 10.6 Å². The van der Waals surface area contributed by atoms with Gasteiger partial charge >= 0.3 is 0 Å². The van der Waals surface area contributed by atoms with Crippen LogP contribution in [0.15, 0.2) is 17.2 Å². The number of aryl methyl sites for hydroxylation is 1. The minimum atomic E-state index is -3.54. The van der Waals surface area contributed by atoms with Crippen molar-refractivity contribution in [1.29, 1.82) is 0 Å². The van der Waals surface area contributed by atoms with Gasteiger partial charge in [0.1, 0.15) is 10.6 Å². The molecular weight excluding hydrogens is 376 g/mol. The van der Waals surface area contributed by atoms with E-state index in [1.165, 1.54) is 12.3 Å². The first-order valence-corrected chi connectivity index (χ1v) is 10.5. The number of carbonyl (C=O) groups is 1. The molecule has 1 amide bonds. The molecule has 0 radical (unpaired) electrons. The molecule has 0 bridgehead atoms. The van der Waals surface area contributed by atoms with Gasteiger partial charge in [0.05, 0.1) is 0 Å². The Kier molecular flexibility index (Phi) is 7.12. The molecule has 3 rings (SSSR count). The summed E-state index contributed by atoms with van der Waals surface area (Å²) in [7, 11) is -1.83. The van der Waals surface area contributed by atoms with Crippen molar-refractivity contribution in [2.75, 3.05) is 26.2 Å². The van der Waals surface area contributed by atoms with Crippen LogP contribution in [0.3, 0.4) is 0 Å². The molecule has 1 aromatic heterocycles. The second kappa shape index (κ2) is 8.73. The first kappa shape index (κ1) is 21.2. The molecule has 2 aliphatic heterocycles. The monoisotopic (exact) mass is 404 g/mol. The highest BCUT2D eigenvalue weighted by molar-refractivity contribution is 7.89. The van der Waals surface area contributed by atoms with Gasteiger partial charge in [-0.1, -0.05) is 6.92 Å². The fraction of sp³-hybridized carbons (Fsp3) is 0.706. The molecule has 2 saturated heterocycles. The molecule has 1 aromatic rings. The van der Waals surface area contributed by atoms with Crippen LogP contribution in [0.5, 0.6) is 0 Å². The number of hydrogen-bond donors (Lipinski definition) is 2. The molecule has 2 N–H and O–H groups in total. The highest BCUT2D eigenvalue weighted by Crippen LogP contribution is 2.24. The number of rotatable bonds is 5. The molecular formula is C17H29ClN4O3S. The van der Waals surface area contributed by atoms with Crippen LogP contribution in [0.1, 0.15) is 43.1 Å². The van der Waals surface area contributed by atoms with Gasteiger partial charge in [0.25, 0.3) is 5.91 Å². The number of piperidine rings is 1. The van der Waals surface area contributed by atoms with Crippen LogP contribution >= 0.6 is 12.4 Å². The molecule has 2 fully saturated rings. The maximum absolute atomic E-state index is 12.9. The Balaban J connectivity index is 0.00000243. The molecule has 26 heavy (non-hydrogen) atoms. The van der Waals surface area contributed by atoms with E-state index in [0.717, 1.165) is 32.2 Å². The summed E-state index contributed by atoms with van der Waals surface area (Å²) in [5.74, 6) is 0.138. The Hall–Kier alpha value is -1.09. The number of hydrogen-bond acceptors (Lipinski definition) is 4. The SMILES string of the molecule is CC1CCCN(S(=O)(=O)c2cc(C(=O)NCC3CCCN3)n(C)c2)C1.Cl. The average Bonchev–Trinajstić information content (AvgIpc) is 3.22. The van der Waals surface area contributed by atoms with E-state index in [-0.39, 0.29) is 23.2 Å². The highest BCUT2D eigenvalue weighted by Gasteiger charge is 2.30. The van der Waals surface area contributed by atoms with Gasteiger partial charge < -0.3 is 15.2 Å². The van der Waals surface area contributed by atoms with Crippen molar-refractivity contribution in [2.24, 2.45) is 13.0 Å². The van der Waals surface area contributed by atoms with Gasteiger partial charge in [0, 0.05) is 38.9 Å². The number of sulfonamides is 1. The maximum Gasteiger partial charge on any atom is 0.267 e. The van der Waals surface area contributed by atoms with Gasteiger partial charge in [-0.25, -0.2) is 8.42 Å². The fourth-order valence-electron chi connectivity index (χ4n) is 3.65. The molecule has 2 unspecified atom stereocenters. The maximum atomic E-state index is 12.9. The number of amides is 1. The van der Waals surface area contributed by atoms with Gasteiger partial charge in [0.15, 0.2) is 0 Å². The highest BCUT2D eigenvalue weighted by atomic mass is 35.5. The summed E-state index contributed by atoms with van der Waals surface area (Å²) >= 11 is 0. The summed E-state index contributed by atoms with van der Waals surface area (Å²) in [4.78, 5) is 12.6. The number of nitrogens with zero attached hydrogens (tertiary/aromatic N) is 2. The summed E-state index contributed by atoms with van der Waals surface area (Å²) < 4.78 is 28.9. The summed E-state index contributed by atoms with van der Waals surface area (Å²) in [6, 6.07) is 1.80. The van der Waals surface area contributed by atoms with Crippen LogP contribution in [0.25, 0.3) is 0 Å². The molecule has 0 aliphatic carbocycles. The summed E-state index contributed by atoms with van der Waals surface area (Å²) in [6.45, 7) is 4.72. The van der Waals surface area contributed by atoms with E-state index in [2.05, 4.69) is 17.6 Å². The van der Waals surface area contributed by atoms with Crippen LogP contribution in [0.2, 0.25) is 0 Å². The Morgan fingerprint density at radius 1 is 1.35 bits per heavy atom. The first-order chi connectivity index (χ1) is 11.9. The van der Waals surface area contributed by atoms with Crippen molar-refractivity contribution < 1.29 is 13.2 Å². The lowest BCUT2D eigenvalue weighted by Crippen LogP contribution is -2.39. The lowest BCUT2D eigenvalue weighted by atomic mass is 10.0. The van der Waals surface area contributed by atoms with Crippen molar-refractivity contribution in [1.82, 2.24) is 19.5 Å². The van der Waals surface area contributed by atoms with Gasteiger partial charge in [-0.15, -0.1) is 12.4 Å². The van der Waals surface area contributed by atoms with E-state index in [1.807, 2.05) is 0 Å². The van der Waals surface area contributed by atoms with E-state index in [1.54, 1.807) is 15.9 Å². The second-order valence-corrected chi connectivity index (χ2v) is 9.22. The first-order valence-electron chi connectivity index (χ1n) is 9.06. The largest absolute Gasteiger partial charge is 0.349 e. The van der Waals surface area contributed by atoms with Crippen molar-refractivity contribution in [3.05, 3.63) is 18.0 Å². The van der Waals surface area contributed by atoms with Crippen LogP contribution in [0.4, 0.5) is 0 Å².